The molecule has 0 spiro atoms. The quantitative estimate of drug-likeness (QED) is 0.764. The summed E-state index contributed by atoms with van der Waals surface area (Å²) in [5.41, 5.74) is 0.870. The number of hydrogen-bond donors (Lipinski definition) is 0. The minimum atomic E-state index is 0.0397. The molecule has 0 aromatic heterocycles. The van der Waals surface area contributed by atoms with Crippen molar-refractivity contribution in [2.24, 2.45) is 0 Å². The Morgan fingerprint density at radius 1 is 1.21 bits per heavy atom. The van der Waals surface area contributed by atoms with E-state index >= 15 is 0 Å². The molecule has 0 radical (unpaired) electrons. The van der Waals surface area contributed by atoms with Gasteiger partial charge >= 0.3 is 0 Å². The Balaban J connectivity index is 1.47. The Bertz CT molecular complexity index is 607. The standard InChI is InChI=1S/C18H22Cl2N2O2/c19-16-5-3-14(12-17(16)20)4-6-18(23)22-9-7-21(8-10-22)13-15-2-1-11-24-15/h3-6,12,15H,1-2,7-11,13H2/b6-4+. The van der Waals surface area contributed by atoms with Crippen LogP contribution in [0.25, 0.3) is 6.08 Å². The smallest absolute Gasteiger partial charge is 0.246 e. The van der Waals surface area contributed by atoms with Crippen molar-refractivity contribution in [3.63, 3.8) is 0 Å². The van der Waals surface area contributed by atoms with Crippen LogP contribution < -0.4 is 0 Å². The third-order valence-corrected chi connectivity index (χ3v) is 5.27. The molecular weight excluding hydrogens is 347 g/mol. The predicted molar refractivity (Wildman–Crippen MR) is 97.5 cm³/mol. The molecule has 0 N–H and O–H groups in total. The van der Waals surface area contributed by atoms with Crippen LogP contribution in [0.15, 0.2) is 24.3 Å². The second-order valence-corrected chi connectivity index (χ2v) is 7.08. The molecule has 0 aliphatic carbocycles. The van der Waals surface area contributed by atoms with E-state index in [1.54, 1.807) is 24.3 Å². The van der Waals surface area contributed by atoms with Gasteiger partial charge < -0.3 is 9.64 Å². The van der Waals surface area contributed by atoms with Crippen molar-refractivity contribution in [3.8, 4) is 0 Å². The summed E-state index contributed by atoms with van der Waals surface area (Å²) < 4.78 is 5.68. The number of ether oxygens (including phenoxy) is 1. The lowest BCUT2D eigenvalue weighted by Gasteiger charge is -2.35. The van der Waals surface area contributed by atoms with Crippen LogP contribution in [-0.2, 0) is 9.53 Å². The maximum Gasteiger partial charge on any atom is 0.246 e. The summed E-state index contributed by atoms with van der Waals surface area (Å²) in [4.78, 5) is 16.6. The predicted octanol–water partition coefficient (Wildman–Crippen LogP) is 3.33. The fourth-order valence-corrected chi connectivity index (χ4v) is 3.42. The average Bonchev–Trinajstić information content (AvgIpc) is 3.09. The number of hydrogen-bond acceptors (Lipinski definition) is 3. The van der Waals surface area contributed by atoms with Crippen molar-refractivity contribution in [1.29, 1.82) is 0 Å². The second kappa shape index (κ2) is 8.34. The van der Waals surface area contributed by atoms with Gasteiger partial charge in [-0.2, -0.15) is 0 Å². The van der Waals surface area contributed by atoms with Crippen molar-refractivity contribution >= 4 is 35.2 Å². The number of piperazine rings is 1. The fourth-order valence-electron chi connectivity index (χ4n) is 3.12. The first-order valence-electron chi connectivity index (χ1n) is 8.38. The van der Waals surface area contributed by atoms with Gasteiger partial charge in [0.25, 0.3) is 0 Å². The third kappa shape index (κ3) is 4.73. The SMILES string of the molecule is O=C(/C=C/c1ccc(Cl)c(Cl)c1)N1CCN(CC2CCCO2)CC1. The van der Waals surface area contributed by atoms with Crippen LogP contribution in [0.3, 0.4) is 0 Å². The molecule has 1 aromatic rings. The molecule has 2 saturated heterocycles. The van der Waals surface area contributed by atoms with Gasteiger partial charge in [0.15, 0.2) is 0 Å². The summed E-state index contributed by atoms with van der Waals surface area (Å²) >= 11 is 11.9. The second-order valence-electron chi connectivity index (χ2n) is 6.27. The molecule has 24 heavy (non-hydrogen) atoms. The van der Waals surface area contributed by atoms with Gasteiger partial charge in [-0.15, -0.1) is 0 Å². The van der Waals surface area contributed by atoms with Crippen molar-refractivity contribution in [2.45, 2.75) is 18.9 Å². The van der Waals surface area contributed by atoms with Gasteiger partial charge in [0.2, 0.25) is 5.91 Å². The lowest BCUT2D eigenvalue weighted by atomic mass is 10.2. The zero-order valence-corrected chi connectivity index (χ0v) is 15.1. The number of halogens is 2. The molecule has 4 nitrogen and oxygen atoms in total. The molecule has 6 heteroatoms. The summed E-state index contributed by atoms with van der Waals surface area (Å²) in [7, 11) is 0. The van der Waals surface area contributed by atoms with Crippen molar-refractivity contribution < 1.29 is 9.53 Å². The van der Waals surface area contributed by atoms with Crippen LogP contribution >= 0.6 is 23.2 Å². The number of carbonyl (C=O) groups excluding carboxylic acids is 1. The molecule has 0 saturated carbocycles. The van der Waals surface area contributed by atoms with Crippen LogP contribution in [0, 0.1) is 0 Å². The fraction of sp³-hybridized carbons (Fsp3) is 0.500. The van der Waals surface area contributed by atoms with E-state index in [9.17, 15) is 4.79 Å². The normalized spacial score (nSPS) is 22.4. The Kier molecular flexibility index (Phi) is 6.17. The number of carbonyl (C=O) groups is 1. The van der Waals surface area contributed by atoms with E-state index in [0.29, 0.717) is 16.1 Å². The molecule has 1 unspecified atom stereocenters. The highest BCUT2D eigenvalue weighted by molar-refractivity contribution is 6.42. The number of benzene rings is 1. The maximum absolute atomic E-state index is 12.3. The minimum absolute atomic E-state index is 0.0397. The van der Waals surface area contributed by atoms with Crippen LogP contribution in [0.1, 0.15) is 18.4 Å². The van der Waals surface area contributed by atoms with Gasteiger partial charge in [0.05, 0.1) is 16.1 Å². The topological polar surface area (TPSA) is 32.8 Å². The van der Waals surface area contributed by atoms with Gasteiger partial charge in [-0.25, -0.2) is 0 Å². The van der Waals surface area contributed by atoms with Gasteiger partial charge in [0.1, 0.15) is 0 Å². The Hall–Kier alpha value is -1.07. The van der Waals surface area contributed by atoms with Gasteiger partial charge in [-0.3, -0.25) is 9.69 Å². The number of rotatable bonds is 4. The molecule has 1 amide bonds. The van der Waals surface area contributed by atoms with E-state index in [1.165, 1.54) is 6.42 Å². The maximum atomic E-state index is 12.3. The monoisotopic (exact) mass is 368 g/mol. The molecular formula is C18H22Cl2N2O2. The summed E-state index contributed by atoms with van der Waals surface area (Å²) in [6.45, 7) is 5.22. The molecule has 2 aliphatic rings. The molecule has 1 atom stereocenters. The van der Waals surface area contributed by atoms with Gasteiger partial charge in [-0.1, -0.05) is 29.3 Å². The average molecular weight is 369 g/mol. The van der Waals surface area contributed by atoms with E-state index < -0.39 is 0 Å². The van der Waals surface area contributed by atoms with Crippen molar-refractivity contribution in [2.75, 3.05) is 39.3 Å². The minimum Gasteiger partial charge on any atom is -0.377 e. The molecule has 3 rings (SSSR count). The third-order valence-electron chi connectivity index (χ3n) is 4.53. The zero-order chi connectivity index (χ0) is 16.9. The van der Waals surface area contributed by atoms with E-state index in [0.717, 1.165) is 51.3 Å². The lowest BCUT2D eigenvalue weighted by molar-refractivity contribution is -0.127. The zero-order valence-electron chi connectivity index (χ0n) is 13.6. The molecule has 2 aliphatic heterocycles. The number of nitrogens with zero attached hydrogens (tertiary/aromatic N) is 2. The first-order chi connectivity index (χ1) is 11.6. The lowest BCUT2D eigenvalue weighted by Crippen LogP contribution is -2.50. The van der Waals surface area contributed by atoms with E-state index in [-0.39, 0.29) is 5.91 Å². The first kappa shape index (κ1) is 17.7. The Morgan fingerprint density at radius 2 is 2.00 bits per heavy atom. The highest BCUT2D eigenvalue weighted by Crippen LogP contribution is 2.23. The van der Waals surface area contributed by atoms with Crippen molar-refractivity contribution in [3.05, 3.63) is 39.9 Å². The molecule has 0 bridgehead atoms. The largest absolute Gasteiger partial charge is 0.377 e. The summed E-state index contributed by atoms with van der Waals surface area (Å²) in [6, 6.07) is 5.34. The Morgan fingerprint density at radius 3 is 2.67 bits per heavy atom. The van der Waals surface area contributed by atoms with Crippen molar-refractivity contribution in [1.82, 2.24) is 9.80 Å². The summed E-state index contributed by atoms with van der Waals surface area (Å²) in [6.07, 6.45) is 6.09. The van der Waals surface area contributed by atoms with E-state index in [2.05, 4.69) is 4.90 Å². The van der Waals surface area contributed by atoms with Crippen LogP contribution in [0.2, 0.25) is 10.0 Å². The highest BCUT2D eigenvalue weighted by atomic mass is 35.5. The van der Waals surface area contributed by atoms with Gasteiger partial charge in [0, 0.05) is 45.4 Å². The highest BCUT2D eigenvalue weighted by Gasteiger charge is 2.23. The summed E-state index contributed by atoms with van der Waals surface area (Å²) in [5, 5.41) is 1.01. The Labute approximate surface area is 153 Å². The van der Waals surface area contributed by atoms with E-state index in [1.807, 2.05) is 11.0 Å². The van der Waals surface area contributed by atoms with E-state index in [4.69, 9.17) is 27.9 Å². The molecule has 2 fully saturated rings. The molecule has 130 valence electrons. The first-order valence-corrected chi connectivity index (χ1v) is 9.13. The number of amides is 1. The van der Waals surface area contributed by atoms with Gasteiger partial charge in [-0.05, 0) is 36.6 Å². The molecule has 2 heterocycles. The molecule has 1 aromatic carbocycles. The van der Waals surface area contributed by atoms with Crippen LogP contribution in [0.5, 0.6) is 0 Å². The summed E-state index contributed by atoms with van der Waals surface area (Å²) in [5.74, 6) is 0.0397. The van der Waals surface area contributed by atoms with Crippen LogP contribution in [-0.4, -0.2) is 61.1 Å². The van der Waals surface area contributed by atoms with Crippen LogP contribution in [0.4, 0.5) is 0 Å².